The number of rotatable bonds is 5. The molecule has 2 aromatic carbocycles. The summed E-state index contributed by atoms with van der Waals surface area (Å²) in [6.07, 6.45) is 2.32. The first kappa shape index (κ1) is 19.8. The van der Waals surface area contributed by atoms with Gasteiger partial charge in [-0.3, -0.25) is 9.69 Å². The smallest absolute Gasteiger partial charge is 0.253 e. The van der Waals surface area contributed by atoms with Gasteiger partial charge in [-0.1, -0.05) is 30.3 Å². The van der Waals surface area contributed by atoms with E-state index in [-0.39, 0.29) is 5.91 Å². The van der Waals surface area contributed by atoms with Crippen molar-refractivity contribution >= 4 is 11.6 Å². The van der Waals surface area contributed by atoms with Crippen LogP contribution in [0, 0.1) is 5.92 Å². The second-order valence-electron chi connectivity index (χ2n) is 8.08. The Morgan fingerprint density at radius 1 is 0.966 bits per heavy atom. The summed E-state index contributed by atoms with van der Waals surface area (Å²) in [5, 5.41) is 0. The van der Waals surface area contributed by atoms with Gasteiger partial charge in [-0.05, 0) is 43.0 Å². The summed E-state index contributed by atoms with van der Waals surface area (Å²) in [4.78, 5) is 19.8. The third-order valence-corrected chi connectivity index (χ3v) is 6.14. The van der Waals surface area contributed by atoms with Crippen molar-refractivity contribution in [2.24, 2.45) is 5.92 Å². The van der Waals surface area contributed by atoms with Gasteiger partial charge in [0.25, 0.3) is 5.91 Å². The van der Waals surface area contributed by atoms with Crippen LogP contribution in [0.25, 0.3) is 0 Å². The summed E-state index contributed by atoms with van der Waals surface area (Å²) < 4.78 is 5.52. The molecule has 0 radical (unpaired) electrons. The van der Waals surface area contributed by atoms with Crippen molar-refractivity contribution in [1.82, 2.24) is 9.80 Å². The molecule has 0 saturated carbocycles. The Hall–Kier alpha value is -2.53. The number of hydrogen-bond acceptors (Lipinski definition) is 4. The van der Waals surface area contributed by atoms with Gasteiger partial charge in [-0.25, -0.2) is 0 Å². The van der Waals surface area contributed by atoms with Gasteiger partial charge in [-0.2, -0.15) is 0 Å². The second-order valence-corrected chi connectivity index (χ2v) is 8.08. The van der Waals surface area contributed by atoms with Crippen LogP contribution in [-0.2, 0) is 0 Å². The molecule has 2 heterocycles. The minimum atomic E-state index is 0.177. The van der Waals surface area contributed by atoms with E-state index in [1.807, 2.05) is 42.5 Å². The molecule has 0 N–H and O–H groups in total. The fraction of sp³-hybridized carbons (Fsp3) is 0.458. The molecule has 2 fully saturated rings. The van der Waals surface area contributed by atoms with E-state index in [0.29, 0.717) is 5.92 Å². The number of amides is 1. The maximum absolute atomic E-state index is 12.8. The fourth-order valence-electron chi connectivity index (χ4n) is 4.59. The normalized spacial score (nSPS) is 20.5. The molecule has 1 unspecified atom stereocenters. The number of hydrogen-bond donors (Lipinski definition) is 0. The lowest BCUT2D eigenvalue weighted by atomic mass is 9.96. The minimum absolute atomic E-state index is 0.177. The van der Waals surface area contributed by atoms with E-state index in [0.717, 1.165) is 63.5 Å². The molecule has 0 bridgehead atoms. The van der Waals surface area contributed by atoms with Crippen LogP contribution >= 0.6 is 0 Å². The number of ether oxygens (including phenoxy) is 1. The topological polar surface area (TPSA) is 36.0 Å². The summed E-state index contributed by atoms with van der Waals surface area (Å²) in [6, 6.07) is 17.9. The Morgan fingerprint density at radius 3 is 2.45 bits per heavy atom. The highest BCUT2D eigenvalue weighted by Gasteiger charge is 2.27. The van der Waals surface area contributed by atoms with Crippen LogP contribution < -0.4 is 9.64 Å². The zero-order chi connectivity index (χ0) is 20.1. The number of anilines is 1. The van der Waals surface area contributed by atoms with Crippen LogP contribution in [0.5, 0.6) is 5.75 Å². The monoisotopic (exact) mass is 393 g/mol. The Morgan fingerprint density at radius 2 is 1.69 bits per heavy atom. The number of piperazine rings is 1. The predicted octanol–water partition coefficient (Wildman–Crippen LogP) is 3.37. The molecule has 2 aliphatic rings. The lowest BCUT2D eigenvalue weighted by molar-refractivity contribution is 0.0637. The highest BCUT2D eigenvalue weighted by molar-refractivity contribution is 5.94. The fourth-order valence-corrected chi connectivity index (χ4v) is 4.59. The predicted molar refractivity (Wildman–Crippen MR) is 117 cm³/mol. The van der Waals surface area contributed by atoms with Crippen LogP contribution in [0.4, 0.5) is 5.69 Å². The third-order valence-electron chi connectivity index (χ3n) is 6.14. The van der Waals surface area contributed by atoms with E-state index >= 15 is 0 Å². The number of para-hydroxylation sites is 2. The zero-order valence-electron chi connectivity index (χ0n) is 17.3. The quantitative estimate of drug-likeness (QED) is 0.780. The Labute approximate surface area is 173 Å². The van der Waals surface area contributed by atoms with E-state index in [2.05, 4.69) is 26.8 Å². The first-order chi connectivity index (χ1) is 14.2. The van der Waals surface area contributed by atoms with Gasteiger partial charge in [0.05, 0.1) is 12.8 Å². The molecule has 2 saturated heterocycles. The molecule has 4 rings (SSSR count). The van der Waals surface area contributed by atoms with Crippen LogP contribution in [0.2, 0.25) is 0 Å². The minimum Gasteiger partial charge on any atom is -0.495 e. The molecule has 2 aliphatic heterocycles. The van der Waals surface area contributed by atoms with E-state index in [9.17, 15) is 4.79 Å². The van der Waals surface area contributed by atoms with Gasteiger partial charge < -0.3 is 14.5 Å². The van der Waals surface area contributed by atoms with Crippen molar-refractivity contribution in [3.63, 3.8) is 0 Å². The Bertz CT molecular complexity index is 803. The van der Waals surface area contributed by atoms with Crippen molar-refractivity contribution < 1.29 is 9.53 Å². The number of carbonyl (C=O) groups is 1. The lowest BCUT2D eigenvalue weighted by Crippen LogP contribution is -2.50. The van der Waals surface area contributed by atoms with E-state index in [1.54, 1.807) is 7.11 Å². The maximum atomic E-state index is 12.8. The molecular weight excluding hydrogens is 362 g/mol. The highest BCUT2D eigenvalue weighted by atomic mass is 16.5. The lowest BCUT2D eigenvalue weighted by Gasteiger charge is -2.40. The molecule has 0 aromatic heterocycles. The third kappa shape index (κ3) is 4.73. The molecule has 5 nitrogen and oxygen atoms in total. The van der Waals surface area contributed by atoms with Crippen molar-refractivity contribution in [2.75, 3.05) is 57.8 Å². The summed E-state index contributed by atoms with van der Waals surface area (Å²) in [5.74, 6) is 1.69. The van der Waals surface area contributed by atoms with Crippen molar-refractivity contribution in [1.29, 1.82) is 0 Å². The molecule has 0 spiro atoms. The summed E-state index contributed by atoms with van der Waals surface area (Å²) in [7, 11) is 1.74. The molecule has 1 amide bonds. The first-order valence-corrected chi connectivity index (χ1v) is 10.7. The molecular formula is C24H31N3O2. The average Bonchev–Trinajstić information content (AvgIpc) is 2.80. The van der Waals surface area contributed by atoms with Gasteiger partial charge in [0.2, 0.25) is 0 Å². The first-order valence-electron chi connectivity index (χ1n) is 10.7. The number of piperidine rings is 1. The highest BCUT2D eigenvalue weighted by Crippen LogP contribution is 2.28. The Kier molecular flexibility index (Phi) is 6.35. The molecule has 29 heavy (non-hydrogen) atoms. The maximum Gasteiger partial charge on any atom is 0.253 e. The molecule has 0 aliphatic carbocycles. The van der Waals surface area contributed by atoms with E-state index < -0.39 is 0 Å². The van der Waals surface area contributed by atoms with Crippen molar-refractivity contribution in [3.8, 4) is 5.75 Å². The average molecular weight is 394 g/mol. The standard InChI is InChI=1S/C24H31N3O2/c1-29-23-12-6-5-11-22(23)26-16-14-25(15-17-26)18-20-8-7-13-27(19-20)24(28)21-9-3-2-4-10-21/h2-6,9-12,20H,7-8,13-19H2,1H3. The second kappa shape index (κ2) is 9.31. The molecule has 1 atom stereocenters. The Balaban J connectivity index is 1.30. The number of benzene rings is 2. The van der Waals surface area contributed by atoms with Crippen LogP contribution in [0.15, 0.2) is 54.6 Å². The van der Waals surface area contributed by atoms with Gasteiger partial charge in [0.1, 0.15) is 5.75 Å². The van der Waals surface area contributed by atoms with Gasteiger partial charge >= 0.3 is 0 Å². The van der Waals surface area contributed by atoms with Crippen LogP contribution in [0.1, 0.15) is 23.2 Å². The number of methoxy groups -OCH3 is 1. The van der Waals surface area contributed by atoms with E-state index in [1.165, 1.54) is 12.1 Å². The SMILES string of the molecule is COc1ccccc1N1CCN(CC2CCCN(C(=O)c3ccccc3)C2)CC1. The number of likely N-dealkylation sites (tertiary alicyclic amines) is 1. The molecule has 154 valence electrons. The summed E-state index contributed by atoms with van der Waals surface area (Å²) in [6.45, 7) is 6.98. The summed E-state index contributed by atoms with van der Waals surface area (Å²) in [5.41, 5.74) is 1.99. The van der Waals surface area contributed by atoms with Gasteiger partial charge in [-0.15, -0.1) is 0 Å². The largest absolute Gasteiger partial charge is 0.495 e. The molecule has 2 aromatic rings. The van der Waals surface area contributed by atoms with Crippen LogP contribution in [0.3, 0.4) is 0 Å². The van der Waals surface area contributed by atoms with Gasteiger partial charge in [0.15, 0.2) is 0 Å². The van der Waals surface area contributed by atoms with Crippen LogP contribution in [-0.4, -0.2) is 68.6 Å². The zero-order valence-corrected chi connectivity index (χ0v) is 17.3. The summed E-state index contributed by atoms with van der Waals surface area (Å²) >= 11 is 0. The number of nitrogens with zero attached hydrogens (tertiary/aromatic N) is 3. The number of carbonyl (C=O) groups excluding carboxylic acids is 1. The van der Waals surface area contributed by atoms with E-state index in [4.69, 9.17) is 4.74 Å². The van der Waals surface area contributed by atoms with Crippen molar-refractivity contribution in [2.45, 2.75) is 12.8 Å². The van der Waals surface area contributed by atoms with Gasteiger partial charge in [0, 0.05) is 51.4 Å². The molecule has 5 heteroatoms. The van der Waals surface area contributed by atoms with Crippen molar-refractivity contribution in [3.05, 3.63) is 60.2 Å².